The van der Waals surface area contributed by atoms with E-state index in [9.17, 15) is 5.11 Å². The van der Waals surface area contributed by atoms with E-state index in [1.807, 2.05) is 54.6 Å². The number of benzene rings is 2. The molecule has 4 atom stereocenters. The molecular weight excluding hydrogens is 427 g/mol. The minimum absolute atomic E-state index is 0.0665. The molecule has 1 saturated heterocycles. The summed E-state index contributed by atoms with van der Waals surface area (Å²) >= 11 is -0.0665. The molecule has 3 rings (SSSR count). The Kier molecular flexibility index (Phi) is 8.30. The van der Waals surface area contributed by atoms with Crippen LogP contribution in [0.25, 0.3) is 0 Å². The quantitative estimate of drug-likeness (QED) is 0.555. The van der Waals surface area contributed by atoms with Gasteiger partial charge in [0, 0.05) is 0 Å². The molecule has 0 bridgehead atoms. The number of aliphatic hydroxyl groups excluding tert-OH is 2. The van der Waals surface area contributed by atoms with E-state index in [0.29, 0.717) is 6.61 Å². The van der Waals surface area contributed by atoms with Crippen molar-refractivity contribution >= 4 is 19.4 Å². The summed E-state index contributed by atoms with van der Waals surface area (Å²) in [5.74, 6) is 0.791. The molecule has 2 N–H and O–H groups in total. The van der Waals surface area contributed by atoms with E-state index in [0.717, 1.165) is 15.8 Å². The molecule has 0 saturated carbocycles. The zero-order chi connectivity index (χ0) is 19.8. The third-order valence-electron chi connectivity index (χ3n) is 4.42. The van der Waals surface area contributed by atoms with Crippen molar-refractivity contribution in [1.82, 2.24) is 0 Å². The van der Waals surface area contributed by atoms with Crippen molar-refractivity contribution in [1.29, 1.82) is 0 Å². The summed E-state index contributed by atoms with van der Waals surface area (Å²) in [7, 11) is 1.63. The van der Waals surface area contributed by atoms with Gasteiger partial charge in [-0.2, -0.15) is 0 Å². The molecule has 0 radical (unpaired) electrons. The van der Waals surface area contributed by atoms with E-state index >= 15 is 0 Å². The summed E-state index contributed by atoms with van der Waals surface area (Å²) in [6, 6.07) is 17.6. The average molecular weight is 453 g/mol. The van der Waals surface area contributed by atoms with Gasteiger partial charge in [-0.3, -0.25) is 0 Å². The van der Waals surface area contributed by atoms with Crippen molar-refractivity contribution in [3.8, 4) is 5.75 Å². The second-order valence-corrected chi connectivity index (χ2v) is 9.01. The van der Waals surface area contributed by atoms with Crippen molar-refractivity contribution in [2.24, 2.45) is 0 Å². The third-order valence-corrected chi connectivity index (χ3v) is 7.19. The number of aliphatic hydroxyl groups is 2. The summed E-state index contributed by atoms with van der Waals surface area (Å²) in [6.45, 7) is 0.714. The van der Waals surface area contributed by atoms with Crippen molar-refractivity contribution in [3.63, 3.8) is 0 Å². The van der Waals surface area contributed by atoms with Crippen molar-refractivity contribution < 1.29 is 29.2 Å². The second-order valence-electron chi connectivity index (χ2n) is 6.38. The molecule has 0 aromatic heterocycles. The number of ether oxygens (including phenoxy) is 4. The van der Waals surface area contributed by atoms with E-state index in [1.165, 1.54) is 0 Å². The van der Waals surface area contributed by atoms with Crippen LogP contribution in [0.4, 0.5) is 0 Å². The molecule has 6 nitrogen and oxygen atoms in total. The van der Waals surface area contributed by atoms with Crippen LogP contribution in [0, 0.1) is 0 Å². The fourth-order valence-electron chi connectivity index (χ4n) is 2.92. The Morgan fingerprint density at radius 3 is 2.50 bits per heavy atom. The van der Waals surface area contributed by atoms with Crippen molar-refractivity contribution in [2.45, 2.75) is 29.9 Å². The maximum absolute atomic E-state index is 11.0. The molecule has 2 aromatic carbocycles. The summed E-state index contributed by atoms with van der Waals surface area (Å²) in [5, 5.41) is 20.0. The summed E-state index contributed by atoms with van der Waals surface area (Å²) in [6.07, 6.45) is -1.70. The minimum atomic E-state index is -0.712. The first-order chi connectivity index (χ1) is 13.7. The molecule has 0 spiro atoms. The molecule has 28 heavy (non-hydrogen) atoms. The Balaban J connectivity index is 1.64. The van der Waals surface area contributed by atoms with E-state index in [1.54, 1.807) is 7.11 Å². The second kappa shape index (κ2) is 10.9. The number of rotatable bonds is 9. The van der Waals surface area contributed by atoms with E-state index < -0.39 is 18.5 Å². The monoisotopic (exact) mass is 454 g/mol. The summed E-state index contributed by atoms with van der Waals surface area (Å²) in [5.41, 5.74) is 0.997. The summed E-state index contributed by atoms with van der Waals surface area (Å²) < 4.78 is 23.8. The van der Waals surface area contributed by atoms with Crippen LogP contribution in [0.15, 0.2) is 54.6 Å². The van der Waals surface area contributed by atoms with Gasteiger partial charge >= 0.3 is 171 Å². The van der Waals surface area contributed by atoms with Gasteiger partial charge in [0.2, 0.25) is 0 Å². The SMILES string of the molecule is COc1ccc(CO[C@@H]2CO[C@H](OCCO)[C@@H]([Se]c3ccccc3)[C@H]2O)cc1. The molecule has 0 amide bonds. The van der Waals surface area contributed by atoms with Gasteiger partial charge in [0.25, 0.3) is 0 Å². The number of hydrogen-bond acceptors (Lipinski definition) is 6. The Bertz CT molecular complexity index is 696. The van der Waals surface area contributed by atoms with Gasteiger partial charge in [-0.1, -0.05) is 0 Å². The Hall–Kier alpha value is -1.44. The molecular formula is C21H26O6Se. The van der Waals surface area contributed by atoms with Crippen LogP contribution in [0.2, 0.25) is 4.82 Å². The van der Waals surface area contributed by atoms with Crippen LogP contribution in [0.1, 0.15) is 5.56 Å². The zero-order valence-electron chi connectivity index (χ0n) is 15.8. The van der Waals surface area contributed by atoms with Gasteiger partial charge in [-0.25, -0.2) is 0 Å². The molecule has 1 fully saturated rings. The first-order valence-corrected chi connectivity index (χ1v) is 11.0. The van der Waals surface area contributed by atoms with E-state index in [4.69, 9.17) is 24.1 Å². The predicted molar refractivity (Wildman–Crippen MR) is 106 cm³/mol. The molecule has 0 unspecified atom stereocenters. The van der Waals surface area contributed by atoms with Crippen LogP contribution >= 0.6 is 0 Å². The maximum atomic E-state index is 11.0. The fraction of sp³-hybridized carbons (Fsp3) is 0.429. The molecule has 1 aliphatic heterocycles. The molecule has 0 aliphatic carbocycles. The van der Waals surface area contributed by atoms with Gasteiger partial charge < -0.3 is 0 Å². The molecule has 1 aliphatic rings. The number of hydrogen-bond donors (Lipinski definition) is 2. The van der Waals surface area contributed by atoms with Gasteiger partial charge in [-0.05, 0) is 0 Å². The molecule has 2 aromatic rings. The van der Waals surface area contributed by atoms with Gasteiger partial charge in [0.15, 0.2) is 0 Å². The fourth-order valence-corrected chi connectivity index (χ4v) is 5.46. The predicted octanol–water partition coefficient (Wildman–Crippen LogP) is 1.12. The Labute approximate surface area is 171 Å². The topological polar surface area (TPSA) is 77.4 Å². The Morgan fingerprint density at radius 2 is 1.82 bits per heavy atom. The molecule has 7 heteroatoms. The van der Waals surface area contributed by atoms with Gasteiger partial charge in [0.1, 0.15) is 0 Å². The van der Waals surface area contributed by atoms with Crippen LogP contribution < -0.4 is 9.20 Å². The molecule has 1 heterocycles. The number of methoxy groups -OCH3 is 1. The first kappa shape index (κ1) is 21.3. The van der Waals surface area contributed by atoms with Crippen LogP contribution in [0.5, 0.6) is 5.75 Å². The standard InChI is InChI=1S/C21H26O6Se/c1-24-16-9-7-15(8-10-16)13-26-18-14-27-21(25-12-11-22)20(19(18)23)28-17-5-3-2-4-6-17/h2-10,18-23H,11-14H2,1H3/t18-,19+,20+,21+/m1/s1. The van der Waals surface area contributed by atoms with Gasteiger partial charge in [-0.15, -0.1) is 0 Å². The van der Waals surface area contributed by atoms with Gasteiger partial charge in [0.05, 0.1) is 0 Å². The van der Waals surface area contributed by atoms with Crippen molar-refractivity contribution in [3.05, 3.63) is 60.2 Å². The molecule has 152 valence electrons. The van der Waals surface area contributed by atoms with E-state index in [-0.39, 0.29) is 39.6 Å². The normalized spacial score (nSPS) is 24.8. The van der Waals surface area contributed by atoms with Crippen LogP contribution in [0.3, 0.4) is 0 Å². The van der Waals surface area contributed by atoms with Crippen LogP contribution in [-0.2, 0) is 20.8 Å². The van der Waals surface area contributed by atoms with E-state index in [2.05, 4.69) is 0 Å². The Morgan fingerprint density at radius 1 is 1.07 bits per heavy atom. The van der Waals surface area contributed by atoms with Crippen molar-refractivity contribution in [2.75, 3.05) is 26.9 Å². The summed E-state index contributed by atoms with van der Waals surface area (Å²) in [4.78, 5) is -0.226. The van der Waals surface area contributed by atoms with Crippen LogP contribution in [-0.4, -0.2) is 70.6 Å². The first-order valence-electron chi connectivity index (χ1n) is 9.19. The average Bonchev–Trinajstić information content (AvgIpc) is 2.74. The zero-order valence-corrected chi connectivity index (χ0v) is 17.5. The third kappa shape index (κ3) is 5.78.